The first-order chi connectivity index (χ1) is 13.1. The highest BCUT2D eigenvalue weighted by molar-refractivity contribution is 5.96. The number of amides is 2. The smallest absolute Gasteiger partial charge is 0.254 e. The van der Waals surface area contributed by atoms with Gasteiger partial charge in [-0.2, -0.15) is 0 Å². The molecule has 140 valence electrons. The fraction of sp³-hybridized carbons (Fsp3) is 0.364. The van der Waals surface area contributed by atoms with Crippen molar-refractivity contribution in [1.82, 2.24) is 9.80 Å². The monoisotopic (exact) mass is 364 g/mol. The maximum Gasteiger partial charge on any atom is 0.254 e. The van der Waals surface area contributed by atoms with Crippen LogP contribution in [0.1, 0.15) is 35.2 Å². The minimum Gasteiger partial charge on any atom is -0.394 e. The lowest BCUT2D eigenvalue weighted by Crippen LogP contribution is -2.85. The first kappa shape index (κ1) is 17.7. The second-order valence-corrected chi connectivity index (χ2v) is 7.39. The number of hydrogen-bond donors (Lipinski definition) is 1. The van der Waals surface area contributed by atoms with Crippen LogP contribution in [0.25, 0.3) is 0 Å². The Kier molecular flexibility index (Phi) is 4.48. The van der Waals surface area contributed by atoms with E-state index in [1.807, 2.05) is 65.3 Å². The molecule has 0 aromatic heterocycles. The van der Waals surface area contributed by atoms with Gasteiger partial charge in [-0.1, -0.05) is 55.5 Å². The lowest BCUT2D eigenvalue weighted by atomic mass is 9.60. The molecule has 0 unspecified atom stereocenters. The van der Waals surface area contributed by atoms with E-state index in [0.29, 0.717) is 25.1 Å². The van der Waals surface area contributed by atoms with E-state index >= 15 is 0 Å². The fourth-order valence-electron chi connectivity index (χ4n) is 4.72. The highest BCUT2D eigenvalue weighted by atomic mass is 16.3. The predicted molar refractivity (Wildman–Crippen MR) is 102 cm³/mol. The quantitative estimate of drug-likeness (QED) is 0.905. The van der Waals surface area contributed by atoms with Crippen molar-refractivity contribution in [3.8, 4) is 0 Å². The van der Waals surface area contributed by atoms with Crippen LogP contribution in [-0.2, 0) is 4.79 Å². The van der Waals surface area contributed by atoms with Gasteiger partial charge in [0.1, 0.15) is 0 Å². The zero-order valence-corrected chi connectivity index (χ0v) is 15.4. The summed E-state index contributed by atoms with van der Waals surface area (Å²) in [5.74, 6) is 0.0506. The van der Waals surface area contributed by atoms with Gasteiger partial charge in [-0.05, 0) is 17.7 Å². The van der Waals surface area contributed by atoms with Crippen LogP contribution >= 0.6 is 0 Å². The number of carbonyl (C=O) groups excluding carboxylic acids is 2. The number of aliphatic hydroxyl groups is 1. The largest absolute Gasteiger partial charge is 0.394 e. The van der Waals surface area contributed by atoms with E-state index in [1.165, 1.54) is 0 Å². The van der Waals surface area contributed by atoms with Crippen molar-refractivity contribution in [3.63, 3.8) is 0 Å². The molecule has 1 spiro atoms. The molecule has 2 saturated heterocycles. The van der Waals surface area contributed by atoms with Crippen LogP contribution in [0.4, 0.5) is 0 Å². The normalized spacial score (nSPS) is 22.9. The molecule has 2 aromatic rings. The van der Waals surface area contributed by atoms with Crippen molar-refractivity contribution in [3.05, 3.63) is 71.8 Å². The second-order valence-electron chi connectivity index (χ2n) is 7.39. The number of carbonyl (C=O) groups is 2. The standard InChI is InChI=1S/C22H24N2O3/c1-2-19(26)23-14-22(15-23)20(16-9-5-3-6-10-16)18(13-25)24(22)21(27)17-11-7-4-8-12-17/h3-12,18,20,25H,2,13-15H2,1H3/t18-,20+/m1/s1. The van der Waals surface area contributed by atoms with Crippen molar-refractivity contribution >= 4 is 11.8 Å². The highest BCUT2D eigenvalue weighted by Gasteiger charge is 2.67. The number of aliphatic hydroxyl groups excluding tert-OH is 1. The summed E-state index contributed by atoms with van der Waals surface area (Å²) in [5, 5.41) is 10.1. The van der Waals surface area contributed by atoms with Crippen molar-refractivity contribution in [2.75, 3.05) is 19.7 Å². The molecule has 5 heteroatoms. The third-order valence-electron chi connectivity index (χ3n) is 5.94. The van der Waals surface area contributed by atoms with Gasteiger partial charge < -0.3 is 14.9 Å². The summed E-state index contributed by atoms with van der Waals surface area (Å²) in [4.78, 5) is 29.0. The Balaban J connectivity index is 1.69. The Bertz CT molecular complexity index is 831. The molecule has 0 radical (unpaired) electrons. The predicted octanol–water partition coefficient (Wildman–Crippen LogP) is 2.28. The van der Waals surface area contributed by atoms with E-state index < -0.39 is 5.54 Å². The van der Waals surface area contributed by atoms with Crippen molar-refractivity contribution in [2.24, 2.45) is 0 Å². The molecule has 0 aliphatic carbocycles. The molecule has 1 N–H and O–H groups in total. The molecule has 2 heterocycles. The average molecular weight is 364 g/mol. The Labute approximate surface area is 159 Å². The molecule has 2 amide bonds. The molecule has 5 nitrogen and oxygen atoms in total. The van der Waals surface area contributed by atoms with Gasteiger partial charge in [-0.25, -0.2) is 0 Å². The zero-order valence-electron chi connectivity index (χ0n) is 15.4. The lowest BCUT2D eigenvalue weighted by Gasteiger charge is -2.70. The van der Waals surface area contributed by atoms with Crippen LogP contribution in [0.2, 0.25) is 0 Å². The minimum atomic E-state index is -0.438. The summed E-state index contributed by atoms with van der Waals surface area (Å²) in [7, 11) is 0. The van der Waals surface area contributed by atoms with Crippen molar-refractivity contribution in [2.45, 2.75) is 30.8 Å². The van der Waals surface area contributed by atoms with Gasteiger partial charge >= 0.3 is 0 Å². The third-order valence-corrected chi connectivity index (χ3v) is 5.94. The van der Waals surface area contributed by atoms with Gasteiger partial charge in [0.15, 0.2) is 0 Å². The van der Waals surface area contributed by atoms with Crippen molar-refractivity contribution < 1.29 is 14.7 Å². The number of benzene rings is 2. The molecular formula is C22H24N2O3. The summed E-state index contributed by atoms with van der Waals surface area (Å²) >= 11 is 0. The Morgan fingerprint density at radius 3 is 2.19 bits per heavy atom. The topological polar surface area (TPSA) is 60.9 Å². The molecule has 0 saturated carbocycles. The summed E-state index contributed by atoms with van der Waals surface area (Å²) < 4.78 is 0. The number of nitrogens with zero attached hydrogens (tertiary/aromatic N) is 2. The van der Waals surface area contributed by atoms with E-state index in [0.717, 1.165) is 5.56 Å². The van der Waals surface area contributed by atoms with Gasteiger partial charge in [0.05, 0.1) is 18.2 Å². The average Bonchev–Trinajstić information content (AvgIpc) is 2.67. The first-order valence-electron chi connectivity index (χ1n) is 9.44. The zero-order chi connectivity index (χ0) is 19.0. The Hall–Kier alpha value is -2.66. The number of rotatable bonds is 4. The molecule has 0 bridgehead atoms. The van der Waals surface area contributed by atoms with Crippen LogP contribution in [0.15, 0.2) is 60.7 Å². The van der Waals surface area contributed by atoms with E-state index in [9.17, 15) is 14.7 Å². The first-order valence-corrected chi connectivity index (χ1v) is 9.44. The minimum absolute atomic E-state index is 0.0252. The summed E-state index contributed by atoms with van der Waals surface area (Å²) in [6.45, 7) is 2.80. The Morgan fingerprint density at radius 2 is 1.63 bits per heavy atom. The lowest BCUT2D eigenvalue weighted by molar-refractivity contribution is -0.178. The summed E-state index contributed by atoms with van der Waals surface area (Å²) in [5.41, 5.74) is 1.28. The molecule has 2 aliphatic heterocycles. The van der Waals surface area contributed by atoms with Crippen molar-refractivity contribution in [1.29, 1.82) is 0 Å². The third kappa shape index (κ3) is 2.65. The van der Waals surface area contributed by atoms with Gasteiger partial charge in [0.2, 0.25) is 5.91 Å². The maximum absolute atomic E-state index is 13.2. The molecule has 2 fully saturated rings. The van der Waals surface area contributed by atoms with Crippen LogP contribution in [0.3, 0.4) is 0 Å². The van der Waals surface area contributed by atoms with E-state index in [4.69, 9.17) is 0 Å². The molecular weight excluding hydrogens is 340 g/mol. The summed E-state index contributed by atoms with van der Waals surface area (Å²) in [6.07, 6.45) is 0.460. The number of hydrogen-bond acceptors (Lipinski definition) is 3. The second kappa shape index (κ2) is 6.82. The number of likely N-dealkylation sites (tertiary alicyclic amines) is 2. The van der Waals surface area contributed by atoms with E-state index in [-0.39, 0.29) is 30.4 Å². The maximum atomic E-state index is 13.2. The van der Waals surface area contributed by atoms with Gasteiger partial charge in [-0.3, -0.25) is 9.59 Å². The molecule has 4 rings (SSSR count). The molecule has 27 heavy (non-hydrogen) atoms. The SMILES string of the molecule is CCC(=O)N1CC2(C1)[C@@H](c1ccccc1)[C@@H](CO)N2C(=O)c1ccccc1. The molecule has 2 aliphatic rings. The van der Waals surface area contributed by atoms with Crippen LogP contribution < -0.4 is 0 Å². The van der Waals surface area contributed by atoms with Crippen LogP contribution in [0.5, 0.6) is 0 Å². The van der Waals surface area contributed by atoms with Gasteiger partial charge in [0, 0.05) is 31.0 Å². The van der Waals surface area contributed by atoms with E-state index in [1.54, 1.807) is 12.1 Å². The molecule has 2 aromatic carbocycles. The Morgan fingerprint density at radius 1 is 1.04 bits per heavy atom. The van der Waals surface area contributed by atoms with Gasteiger partial charge in [0.25, 0.3) is 5.91 Å². The van der Waals surface area contributed by atoms with Crippen LogP contribution in [-0.4, -0.2) is 58.0 Å². The van der Waals surface area contributed by atoms with Crippen LogP contribution in [0, 0.1) is 0 Å². The highest BCUT2D eigenvalue weighted by Crippen LogP contribution is 2.54. The summed E-state index contributed by atoms with van der Waals surface area (Å²) in [6, 6.07) is 18.9. The van der Waals surface area contributed by atoms with E-state index in [2.05, 4.69) is 0 Å². The van der Waals surface area contributed by atoms with Gasteiger partial charge in [-0.15, -0.1) is 0 Å². The fourth-order valence-corrected chi connectivity index (χ4v) is 4.72. The molecule has 2 atom stereocenters.